The first-order valence-electron chi connectivity index (χ1n) is 5.54. The van der Waals surface area contributed by atoms with Gasteiger partial charge < -0.3 is 14.9 Å². The molecule has 4 atom stereocenters. The van der Waals surface area contributed by atoms with Crippen LogP contribution in [0, 0.1) is 0 Å². The summed E-state index contributed by atoms with van der Waals surface area (Å²) in [6.07, 6.45) is -9.10. The molecular formula is C10H11F3N2O5. The summed E-state index contributed by atoms with van der Waals surface area (Å²) in [6.45, 7) is -1.33. The Labute approximate surface area is 109 Å². The highest BCUT2D eigenvalue weighted by Gasteiger charge is 2.61. The second kappa shape index (κ2) is 5.04. The van der Waals surface area contributed by atoms with E-state index in [4.69, 9.17) is 9.84 Å². The summed E-state index contributed by atoms with van der Waals surface area (Å²) < 4.78 is 45.0. The number of rotatable bonds is 3. The highest BCUT2D eigenvalue weighted by molar-refractivity contribution is 5.03. The third kappa shape index (κ3) is 2.05. The minimum Gasteiger partial charge on any atom is -0.393 e. The van der Waals surface area contributed by atoms with Crippen molar-refractivity contribution in [2.45, 2.75) is 30.5 Å². The van der Waals surface area contributed by atoms with Crippen molar-refractivity contribution in [1.29, 1.82) is 0 Å². The number of H-pyrrole nitrogens is 1. The number of hydrogen-bond acceptors (Lipinski definition) is 5. The van der Waals surface area contributed by atoms with E-state index in [1.54, 1.807) is 4.98 Å². The van der Waals surface area contributed by atoms with Crippen molar-refractivity contribution in [2.24, 2.45) is 0 Å². The van der Waals surface area contributed by atoms with E-state index in [0.29, 0.717) is 4.57 Å². The van der Waals surface area contributed by atoms with Gasteiger partial charge in [-0.05, 0) is 0 Å². The smallest absolute Gasteiger partial charge is 0.330 e. The number of alkyl halides is 3. The van der Waals surface area contributed by atoms with Crippen LogP contribution in [0.3, 0.4) is 0 Å². The lowest BCUT2D eigenvalue weighted by molar-refractivity contribution is -0.195. The van der Waals surface area contributed by atoms with Crippen LogP contribution in [-0.2, 0) is 4.74 Å². The molecule has 112 valence electrons. The number of aromatic nitrogens is 2. The van der Waals surface area contributed by atoms with E-state index in [9.17, 15) is 27.9 Å². The maximum Gasteiger partial charge on any atom is 0.330 e. The van der Waals surface area contributed by atoms with Crippen molar-refractivity contribution in [3.63, 3.8) is 0 Å². The number of aliphatic hydroxyl groups is 2. The molecule has 0 amide bonds. The average Bonchev–Trinajstić information content (AvgIpc) is 2.64. The number of ether oxygens (including phenoxy) is 1. The van der Waals surface area contributed by atoms with Gasteiger partial charge in [0.1, 0.15) is 6.10 Å². The van der Waals surface area contributed by atoms with Crippen molar-refractivity contribution < 1.29 is 28.1 Å². The number of hydrogen-bond donors (Lipinski definition) is 3. The molecule has 1 aromatic rings. The molecular weight excluding hydrogens is 285 g/mol. The molecule has 0 bridgehead atoms. The van der Waals surface area contributed by atoms with Crippen LogP contribution in [0.15, 0.2) is 21.9 Å². The summed E-state index contributed by atoms with van der Waals surface area (Å²) >= 11 is 0. The van der Waals surface area contributed by atoms with Gasteiger partial charge in [0, 0.05) is 12.3 Å². The molecule has 3 N–H and O–H groups in total. The lowest BCUT2D eigenvalue weighted by Gasteiger charge is -2.28. The minimum absolute atomic E-state index is 0.523. The number of nitrogens with zero attached hydrogens (tertiary/aromatic N) is 1. The van der Waals surface area contributed by atoms with Gasteiger partial charge in [-0.15, -0.1) is 0 Å². The van der Waals surface area contributed by atoms with Crippen molar-refractivity contribution in [1.82, 2.24) is 9.55 Å². The first-order valence-corrected chi connectivity index (χ1v) is 5.54. The zero-order chi connectivity index (χ0) is 15.1. The Kier molecular flexibility index (Phi) is 3.71. The van der Waals surface area contributed by atoms with Gasteiger partial charge in [0.25, 0.3) is 12.0 Å². The molecule has 7 nitrogen and oxygen atoms in total. The van der Waals surface area contributed by atoms with E-state index in [1.165, 1.54) is 0 Å². The quantitative estimate of drug-likeness (QED) is 0.647. The molecule has 0 aromatic carbocycles. The molecule has 0 radical (unpaired) electrons. The molecule has 0 aliphatic carbocycles. The van der Waals surface area contributed by atoms with Crippen molar-refractivity contribution in [3.8, 4) is 0 Å². The summed E-state index contributed by atoms with van der Waals surface area (Å²) in [5, 5.41) is 18.5. The normalized spacial score (nSPS) is 33.8. The Bertz CT molecular complexity index is 603. The van der Waals surface area contributed by atoms with Gasteiger partial charge in [-0.2, -0.15) is 0 Å². The molecule has 0 saturated carbocycles. The van der Waals surface area contributed by atoms with E-state index < -0.39 is 48.4 Å². The lowest BCUT2D eigenvalue weighted by atomic mass is 9.97. The highest BCUT2D eigenvalue weighted by Crippen LogP contribution is 2.41. The Morgan fingerprint density at radius 1 is 1.50 bits per heavy atom. The summed E-state index contributed by atoms with van der Waals surface area (Å²) in [5.74, 6) is 0. The molecule has 1 aromatic heterocycles. The van der Waals surface area contributed by atoms with Crippen molar-refractivity contribution in [2.75, 3.05) is 6.61 Å². The first-order chi connectivity index (χ1) is 9.33. The van der Waals surface area contributed by atoms with E-state index in [2.05, 4.69) is 0 Å². The van der Waals surface area contributed by atoms with Crippen molar-refractivity contribution in [3.05, 3.63) is 33.1 Å². The molecule has 20 heavy (non-hydrogen) atoms. The summed E-state index contributed by atoms with van der Waals surface area (Å²) in [7, 11) is 0. The summed E-state index contributed by atoms with van der Waals surface area (Å²) in [5.41, 5.74) is -4.66. The molecule has 2 unspecified atom stereocenters. The second-order valence-corrected chi connectivity index (χ2v) is 4.33. The number of nitrogens with one attached hydrogen (secondary N) is 1. The number of aliphatic hydroxyl groups excluding tert-OH is 2. The fraction of sp³-hybridized carbons (Fsp3) is 0.600. The van der Waals surface area contributed by atoms with E-state index in [0.717, 1.165) is 12.3 Å². The molecule has 10 heteroatoms. The molecule has 1 aliphatic rings. The van der Waals surface area contributed by atoms with E-state index >= 15 is 0 Å². The van der Waals surface area contributed by atoms with E-state index in [-0.39, 0.29) is 0 Å². The van der Waals surface area contributed by atoms with Crippen LogP contribution in [0.4, 0.5) is 13.2 Å². The molecule has 0 spiro atoms. The third-order valence-electron chi connectivity index (χ3n) is 3.16. The van der Waals surface area contributed by atoms with Crippen molar-refractivity contribution >= 4 is 0 Å². The maximum absolute atomic E-state index is 13.9. The SMILES string of the molecule is O=c1ccn([C@H]2O[C@](CO)(C(F)F)C(O)C2F)c(=O)[nH]1. The standard InChI is InChI=1S/C10H11F3N2O5/c11-5-6(18)10(3-16,8(12)13)20-7(5)15-2-1-4(17)14-9(15)19/h1-2,5-8,16,18H,3H2,(H,14,17,19)/t5?,6?,7-,10-/m0/s1. The fourth-order valence-electron chi connectivity index (χ4n) is 2.00. The van der Waals surface area contributed by atoms with Crippen LogP contribution >= 0.6 is 0 Å². The maximum atomic E-state index is 13.9. The Morgan fingerprint density at radius 2 is 2.15 bits per heavy atom. The summed E-state index contributed by atoms with van der Waals surface area (Å²) in [4.78, 5) is 24.2. The minimum atomic E-state index is -3.37. The predicted octanol–water partition coefficient (Wildman–Crippen LogP) is -1.24. The van der Waals surface area contributed by atoms with Crippen LogP contribution in [0.5, 0.6) is 0 Å². The average molecular weight is 296 g/mol. The molecule has 2 heterocycles. The van der Waals surface area contributed by atoms with Gasteiger partial charge in [-0.1, -0.05) is 0 Å². The molecule has 1 saturated heterocycles. The largest absolute Gasteiger partial charge is 0.393 e. The Morgan fingerprint density at radius 3 is 2.60 bits per heavy atom. The Hall–Kier alpha value is -1.65. The summed E-state index contributed by atoms with van der Waals surface area (Å²) in [6, 6.07) is 0.866. The Balaban J connectivity index is 2.45. The third-order valence-corrected chi connectivity index (χ3v) is 3.16. The van der Waals surface area contributed by atoms with Crippen LogP contribution < -0.4 is 11.2 Å². The number of aromatic amines is 1. The van der Waals surface area contributed by atoms with E-state index in [1.807, 2.05) is 0 Å². The zero-order valence-electron chi connectivity index (χ0n) is 9.87. The monoisotopic (exact) mass is 296 g/mol. The van der Waals surface area contributed by atoms with Gasteiger partial charge >= 0.3 is 5.69 Å². The van der Waals surface area contributed by atoms with Gasteiger partial charge in [0.15, 0.2) is 18.0 Å². The molecule has 2 rings (SSSR count). The van der Waals surface area contributed by atoms with Crippen LogP contribution in [0.1, 0.15) is 6.23 Å². The van der Waals surface area contributed by atoms with Gasteiger partial charge in [0.2, 0.25) is 0 Å². The van der Waals surface area contributed by atoms with Gasteiger partial charge in [-0.3, -0.25) is 14.3 Å². The van der Waals surface area contributed by atoms with Crippen LogP contribution in [0.25, 0.3) is 0 Å². The number of halogens is 3. The second-order valence-electron chi connectivity index (χ2n) is 4.33. The highest BCUT2D eigenvalue weighted by atomic mass is 19.3. The fourth-order valence-corrected chi connectivity index (χ4v) is 2.00. The van der Waals surface area contributed by atoms with Gasteiger partial charge in [-0.25, -0.2) is 18.0 Å². The zero-order valence-corrected chi connectivity index (χ0v) is 9.87. The lowest BCUT2D eigenvalue weighted by Crippen LogP contribution is -2.51. The predicted molar refractivity (Wildman–Crippen MR) is 58.2 cm³/mol. The van der Waals surface area contributed by atoms with Crippen LogP contribution in [0.2, 0.25) is 0 Å². The first kappa shape index (κ1) is 14.8. The molecule has 1 fully saturated rings. The topological polar surface area (TPSA) is 105 Å². The van der Waals surface area contributed by atoms with Gasteiger partial charge in [0.05, 0.1) is 6.61 Å². The molecule has 1 aliphatic heterocycles. The van der Waals surface area contributed by atoms with Crippen LogP contribution in [-0.4, -0.2) is 50.7 Å².